The average Bonchev–Trinajstić information content (AvgIpc) is 2.76. The maximum Gasteiger partial charge on any atom is 0.172 e. The molecule has 15 heavy (non-hydrogen) atoms. The molecule has 3 atom stereocenters. The van der Waals surface area contributed by atoms with Crippen LogP contribution in [-0.2, 0) is 14.3 Å². The molecule has 2 saturated heterocycles. The minimum atomic E-state index is -0.410. The van der Waals surface area contributed by atoms with Crippen LogP contribution in [0.4, 0.5) is 0 Å². The van der Waals surface area contributed by atoms with Crippen molar-refractivity contribution in [3.8, 4) is 0 Å². The van der Waals surface area contributed by atoms with Crippen LogP contribution in [-0.4, -0.2) is 24.3 Å². The summed E-state index contributed by atoms with van der Waals surface area (Å²) in [5.74, 6) is 0.115. The molecule has 0 saturated carbocycles. The van der Waals surface area contributed by atoms with E-state index in [0.717, 1.165) is 32.3 Å². The molecular weight excluding hydrogens is 192 g/mol. The van der Waals surface area contributed by atoms with E-state index in [9.17, 15) is 4.79 Å². The van der Waals surface area contributed by atoms with Crippen molar-refractivity contribution in [2.75, 3.05) is 6.61 Å². The highest BCUT2D eigenvalue weighted by Crippen LogP contribution is 2.46. The van der Waals surface area contributed by atoms with Crippen molar-refractivity contribution in [2.24, 2.45) is 5.92 Å². The zero-order valence-electron chi connectivity index (χ0n) is 9.62. The lowest BCUT2D eigenvalue weighted by Crippen LogP contribution is -2.35. The third-order valence-electron chi connectivity index (χ3n) is 3.54. The van der Waals surface area contributed by atoms with E-state index in [1.807, 2.05) is 0 Å². The van der Waals surface area contributed by atoms with Gasteiger partial charge in [0, 0.05) is 18.8 Å². The molecule has 2 rings (SSSR count). The van der Waals surface area contributed by atoms with E-state index in [-0.39, 0.29) is 17.8 Å². The van der Waals surface area contributed by atoms with Crippen molar-refractivity contribution < 1.29 is 14.3 Å². The lowest BCUT2D eigenvalue weighted by atomic mass is 9.89. The van der Waals surface area contributed by atoms with Crippen LogP contribution in [0.2, 0.25) is 0 Å². The fourth-order valence-electron chi connectivity index (χ4n) is 2.81. The van der Waals surface area contributed by atoms with Crippen molar-refractivity contribution in [3.63, 3.8) is 0 Å². The Kier molecular flexibility index (Phi) is 3.12. The number of hydrogen-bond donors (Lipinski definition) is 0. The number of ketones is 1. The molecule has 2 aliphatic rings. The van der Waals surface area contributed by atoms with Crippen LogP contribution >= 0.6 is 0 Å². The van der Waals surface area contributed by atoms with Gasteiger partial charge < -0.3 is 14.3 Å². The zero-order chi connectivity index (χ0) is 10.9. The van der Waals surface area contributed by atoms with Gasteiger partial charge in [0.2, 0.25) is 0 Å². The number of Topliss-reactive ketones (excluding diaryl/α,β-unsaturated/α-hetero) is 1. The third kappa shape index (κ3) is 2.08. The van der Waals surface area contributed by atoms with Crippen LogP contribution in [0.25, 0.3) is 0 Å². The summed E-state index contributed by atoms with van der Waals surface area (Å²) in [4.78, 5) is 11.2. The van der Waals surface area contributed by atoms with Gasteiger partial charge in [0.25, 0.3) is 0 Å². The molecule has 0 aromatic carbocycles. The van der Waals surface area contributed by atoms with Crippen molar-refractivity contribution in [3.05, 3.63) is 0 Å². The summed E-state index contributed by atoms with van der Waals surface area (Å²) in [6.45, 7) is 4.57. The molecule has 0 amide bonds. The molecule has 3 heteroatoms. The second-order valence-corrected chi connectivity index (χ2v) is 4.75. The number of ether oxygens (including phenoxy) is 2. The Bertz CT molecular complexity index is 243. The van der Waals surface area contributed by atoms with Crippen LogP contribution in [0.5, 0.6) is 0 Å². The summed E-state index contributed by atoms with van der Waals surface area (Å²) >= 11 is 0. The Morgan fingerprint density at radius 2 is 2.33 bits per heavy atom. The van der Waals surface area contributed by atoms with Crippen LogP contribution in [0, 0.1) is 5.92 Å². The molecule has 0 aromatic rings. The Hall–Kier alpha value is -0.410. The van der Waals surface area contributed by atoms with Gasteiger partial charge >= 0.3 is 0 Å². The van der Waals surface area contributed by atoms with Gasteiger partial charge in [-0.15, -0.1) is 0 Å². The first-order valence-corrected chi connectivity index (χ1v) is 5.97. The van der Waals surface area contributed by atoms with E-state index in [4.69, 9.17) is 9.47 Å². The van der Waals surface area contributed by atoms with Gasteiger partial charge in [-0.05, 0) is 26.2 Å². The van der Waals surface area contributed by atoms with Gasteiger partial charge in [-0.25, -0.2) is 0 Å². The molecule has 3 nitrogen and oxygen atoms in total. The highest BCUT2D eigenvalue weighted by Gasteiger charge is 2.51. The molecule has 0 bridgehead atoms. The lowest BCUT2D eigenvalue weighted by Gasteiger charge is -2.28. The number of rotatable bonds is 3. The van der Waals surface area contributed by atoms with Crippen molar-refractivity contribution in [1.29, 1.82) is 0 Å². The highest BCUT2D eigenvalue weighted by atomic mass is 16.7. The van der Waals surface area contributed by atoms with Crippen LogP contribution in [0.3, 0.4) is 0 Å². The van der Waals surface area contributed by atoms with Crippen LogP contribution in [0.1, 0.15) is 46.0 Å². The first-order valence-electron chi connectivity index (χ1n) is 5.97. The lowest BCUT2D eigenvalue weighted by molar-refractivity contribution is -0.218. The molecule has 0 aromatic heterocycles. The molecule has 2 heterocycles. The molecule has 0 N–H and O–H groups in total. The second-order valence-electron chi connectivity index (χ2n) is 4.75. The predicted molar refractivity (Wildman–Crippen MR) is 56.5 cm³/mol. The van der Waals surface area contributed by atoms with Gasteiger partial charge in [0.05, 0.1) is 12.7 Å². The van der Waals surface area contributed by atoms with E-state index in [2.05, 4.69) is 6.92 Å². The van der Waals surface area contributed by atoms with Gasteiger partial charge in [-0.2, -0.15) is 0 Å². The molecule has 2 fully saturated rings. The molecule has 0 radical (unpaired) electrons. The average molecular weight is 212 g/mol. The summed E-state index contributed by atoms with van der Waals surface area (Å²) < 4.78 is 11.8. The fraction of sp³-hybridized carbons (Fsp3) is 0.917. The Labute approximate surface area is 91.1 Å². The van der Waals surface area contributed by atoms with E-state index < -0.39 is 5.79 Å². The van der Waals surface area contributed by atoms with E-state index in [1.54, 1.807) is 6.92 Å². The molecular formula is C12H20O3. The monoisotopic (exact) mass is 212 g/mol. The first-order chi connectivity index (χ1) is 7.16. The summed E-state index contributed by atoms with van der Waals surface area (Å²) in [6.07, 6.45) is 4.91. The SMILES string of the molecule is CCC1CC(CC(C)=O)C2(CCCO2)O1. The maximum atomic E-state index is 11.2. The van der Waals surface area contributed by atoms with Gasteiger partial charge in [-0.1, -0.05) is 6.92 Å². The molecule has 86 valence electrons. The van der Waals surface area contributed by atoms with Gasteiger partial charge in [0.1, 0.15) is 5.78 Å². The zero-order valence-corrected chi connectivity index (χ0v) is 9.62. The van der Waals surface area contributed by atoms with E-state index in [0.29, 0.717) is 6.42 Å². The van der Waals surface area contributed by atoms with E-state index >= 15 is 0 Å². The first kappa shape index (κ1) is 11.1. The fourth-order valence-corrected chi connectivity index (χ4v) is 2.81. The van der Waals surface area contributed by atoms with E-state index in [1.165, 1.54) is 0 Å². The van der Waals surface area contributed by atoms with Crippen LogP contribution in [0.15, 0.2) is 0 Å². The summed E-state index contributed by atoms with van der Waals surface area (Å²) in [7, 11) is 0. The van der Waals surface area contributed by atoms with Crippen molar-refractivity contribution in [2.45, 2.75) is 57.8 Å². The number of carbonyl (C=O) groups excluding carboxylic acids is 1. The minimum absolute atomic E-state index is 0.246. The molecule has 3 unspecified atom stereocenters. The Morgan fingerprint density at radius 3 is 2.87 bits per heavy atom. The molecule has 2 aliphatic heterocycles. The molecule has 1 spiro atoms. The highest BCUT2D eigenvalue weighted by molar-refractivity contribution is 5.75. The summed E-state index contributed by atoms with van der Waals surface area (Å²) in [5.41, 5.74) is 0. The van der Waals surface area contributed by atoms with Crippen LogP contribution < -0.4 is 0 Å². The van der Waals surface area contributed by atoms with Crippen molar-refractivity contribution >= 4 is 5.78 Å². The smallest absolute Gasteiger partial charge is 0.172 e. The normalized spacial score (nSPS) is 40.1. The van der Waals surface area contributed by atoms with Crippen molar-refractivity contribution in [1.82, 2.24) is 0 Å². The summed E-state index contributed by atoms with van der Waals surface area (Å²) in [6, 6.07) is 0. The third-order valence-corrected chi connectivity index (χ3v) is 3.54. The predicted octanol–water partition coefficient (Wildman–Crippen LogP) is 2.29. The second kappa shape index (κ2) is 4.22. The quantitative estimate of drug-likeness (QED) is 0.720. The molecule has 0 aliphatic carbocycles. The maximum absolute atomic E-state index is 11.2. The number of carbonyl (C=O) groups is 1. The summed E-state index contributed by atoms with van der Waals surface area (Å²) in [5, 5.41) is 0. The van der Waals surface area contributed by atoms with Gasteiger partial charge in [-0.3, -0.25) is 0 Å². The topological polar surface area (TPSA) is 35.5 Å². The largest absolute Gasteiger partial charge is 0.350 e. The minimum Gasteiger partial charge on any atom is -0.350 e. The Morgan fingerprint density at radius 1 is 1.53 bits per heavy atom. The van der Waals surface area contributed by atoms with Gasteiger partial charge in [0.15, 0.2) is 5.79 Å². The standard InChI is InChI=1S/C12H20O3/c1-3-11-8-10(7-9(2)13)12(15-11)5-4-6-14-12/h10-11H,3-8H2,1-2H3. The Balaban J connectivity index is 2.08. The number of hydrogen-bond acceptors (Lipinski definition) is 3.